The number of urea groups is 1. The highest BCUT2D eigenvalue weighted by Gasteiger charge is 2.51. The number of imide groups is 1. The van der Waals surface area contributed by atoms with Crippen molar-refractivity contribution in [2.24, 2.45) is 0 Å². The fraction of sp³-hybridized carbons (Fsp3) is 0.250. The normalized spacial score (nSPS) is 22.0. The minimum Gasteiger partial charge on any atom is -0.497 e. The number of nitrogens with one attached hydrogen (secondary N) is 3. The molecule has 1 fully saturated rings. The smallest absolute Gasteiger partial charge is 0.322 e. The molecule has 0 unspecified atom stereocenters. The van der Waals surface area contributed by atoms with Gasteiger partial charge in [-0.25, -0.2) is 4.79 Å². The van der Waals surface area contributed by atoms with Gasteiger partial charge in [0.05, 0.1) is 19.3 Å². The average molecular weight is 341 g/mol. The van der Waals surface area contributed by atoms with E-state index in [0.717, 1.165) is 5.56 Å². The summed E-state index contributed by atoms with van der Waals surface area (Å²) < 4.78 is 5.16. The highest BCUT2D eigenvalue weighted by atomic mass is 16.5. The molecule has 2 aliphatic rings. The first-order valence-corrected chi connectivity index (χ1v) is 7.63. The fourth-order valence-electron chi connectivity index (χ4n) is 3.25. The highest BCUT2D eigenvalue weighted by Crippen LogP contribution is 2.31. The van der Waals surface area contributed by atoms with Crippen molar-refractivity contribution in [2.75, 3.05) is 13.7 Å². The molecule has 9 heteroatoms. The first kappa shape index (κ1) is 15.2. The Balaban J connectivity index is 1.68. The Hall–Kier alpha value is -3.36. The number of carbonyl (C=O) groups is 3. The average Bonchev–Trinajstić information content (AvgIpc) is 3.29. The van der Waals surface area contributed by atoms with Crippen LogP contribution in [0.1, 0.15) is 21.6 Å². The molecule has 1 atom stereocenters. The van der Waals surface area contributed by atoms with Gasteiger partial charge >= 0.3 is 6.03 Å². The van der Waals surface area contributed by atoms with Gasteiger partial charge in [0.25, 0.3) is 11.8 Å². The number of H-pyrrole nitrogens is 1. The molecular formula is C16H15N5O4. The lowest BCUT2D eigenvalue weighted by atomic mass is 9.94. The molecule has 4 rings (SSSR count). The number of hydrogen-bond acceptors (Lipinski definition) is 5. The third kappa shape index (κ3) is 2.24. The van der Waals surface area contributed by atoms with Crippen LogP contribution in [0.4, 0.5) is 4.79 Å². The predicted molar refractivity (Wildman–Crippen MR) is 84.7 cm³/mol. The quantitative estimate of drug-likeness (QED) is 0.683. The molecule has 4 amide bonds. The molecule has 1 aromatic carbocycles. The predicted octanol–water partition coefficient (Wildman–Crippen LogP) is 0.109. The van der Waals surface area contributed by atoms with Crippen LogP contribution in [0.25, 0.3) is 0 Å². The summed E-state index contributed by atoms with van der Waals surface area (Å²) in [5.74, 6) is -0.158. The molecule has 0 saturated carbocycles. The molecule has 0 bridgehead atoms. The summed E-state index contributed by atoms with van der Waals surface area (Å²) in [5.41, 5.74) is 0.395. The fourth-order valence-corrected chi connectivity index (χ4v) is 3.25. The molecule has 0 spiro atoms. The number of nitrogens with zero attached hydrogens (tertiary/aromatic N) is 2. The number of methoxy groups -OCH3 is 1. The summed E-state index contributed by atoms with van der Waals surface area (Å²) in [5, 5.41) is 11.4. The minimum absolute atomic E-state index is 0.0113. The highest BCUT2D eigenvalue weighted by molar-refractivity contribution is 6.08. The Labute approximate surface area is 142 Å². The van der Waals surface area contributed by atoms with Crippen LogP contribution in [-0.2, 0) is 16.9 Å². The van der Waals surface area contributed by atoms with Crippen molar-refractivity contribution in [2.45, 2.75) is 12.1 Å². The van der Waals surface area contributed by atoms with Crippen LogP contribution < -0.4 is 15.4 Å². The number of ether oxygens (including phenoxy) is 1. The molecule has 3 N–H and O–H groups in total. The number of carbonyl (C=O) groups excluding carboxylic acids is 3. The van der Waals surface area contributed by atoms with E-state index in [4.69, 9.17) is 4.74 Å². The molecule has 1 aromatic heterocycles. The third-order valence-electron chi connectivity index (χ3n) is 4.53. The van der Waals surface area contributed by atoms with Crippen LogP contribution in [0.5, 0.6) is 5.75 Å². The molecule has 0 radical (unpaired) electrons. The van der Waals surface area contributed by atoms with E-state index in [1.54, 1.807) is 18.2 Å². The van der Waals surface area contributed by atoms with Crippen LogP contribution in [0.2, 0.25) is 0 Å². The zero-order valence-corrected chi connectivity index (χ0v) is 13.3. The second-order valence-corrected chi connectivity index (χ2v) is 5.97. The first-order valence-electron chi connectivity index (χ1n) is 7.63. The number of fused-ring (bicyclic) bond motifs is 1. The largest absolute Gasteiger partial charge is 0.497 e. The lowest BCUT2D eigenvalue weighted by molar-refractivity contribution is -0.125. The second-order valence-electron chi connectivity index (χ2n) is 5.97. The van der Waals surface area contributed by atoms with Crippen molar-refractivity contribution in [3.63, 3.8) is 0 Å². The third-order valence-corrected chi connectivity index (χ3v) is 4.53. The lowest BCUT2D eigenvalue weighted by Gasteiger charge is -2.29. The van der Waals surface area contributed by atoms with Gasteiger partial charge < -0.3 is 15.0 Å². The standard InChI is InChI=1S/C16H15N5O4/c1-25-10-3-2-9-7-21(13(22)11(9)6-10)8-16(12-4-5-17-20-12)14(23)18-15(24)19-16/h2-6H,7-8H2,1H3,(H,17,20)(H2,18,19,23,24)/t16-/m0/s1. The second kappa shape index (κ2) is 5.33. The van der Waals surface area contributed by atoms with E-state index in [1.807, 2.05) is 6.07 Å². The van der Waals surface area contributed by atoms with Crippen molar-refractivity contribution >= 4 is 17.8 Å². The van der Waals surface area contributed by atoms with Gasteiger partial charge in [-0.05, 0) is 23.8 Å². The molecule has 25 heavy (non-hydrogen) atoms. The van der Waals surface area contributed by atoms with Crippen LogP contribution >= 0.6 is 0 Å². The summed E-state index contributed by atoms with van der Waals surface area (Å²) >= 11 is 0. The van der Waals surface area contributed by atoms with Crippen LogP contribution in [-0.4, -0.2) is 46.6 Å². The van der Waals surface area contributed by atoms with Crippen LogP contribution in [0.15, 0.2) is 30.5 Å². The number of rotatable bonds is 4. The molecule has 9 nitrogen and oxygen atoms in total. The molecule has 128 valence electrons. The van der Waals surface area contributed by atoms with E-state index < -0.39 is 17.5 Å². The van der Waals surface area contributed by atoms with Crippen molar-refractivity contribution in [3.05, 3.63) is 47.3 Å². The number of benzene rings is 1. The van der Waals surface area contributed by atoms with Crippen molar-refractivity contribution in [3.8, 4) is 5.75 Å². The van der Waals surface area contributed by atoms with Crippen molar-refractivity contribution < 1.29 is 19.1 Å². The molecular weight excluding hydrogens is 326 g/mol. The first-order chi connectivity index (χ1) is 12.0. The van der Waals surface area contributed by atoms with Crippen LogP contribution in [0, 0.1) is 0 Å². The van der Waals surface area contributed by atoms with Crippen LogP contribution in [0.3, 0.4) is 0 Å². The van der Waals surface area contributed by atoms with Gasteiger partial charge in [0.15, 0.2) is 5.54 Å². The topological polar surface area (TPSA) is 116 Å². The van der Waals surface area contributed by atoms with E-state index in [9.17, 15) is 14.4 Å². The van der Waals surface area contributed by atoms with Gasteiger partial charge in [-0.2, -0.15) is 5.10 Å². The minimum atomic E-state index is -1.39. The Morgan fingerprint density at radius 2 is 2.12 bits per heavy atom. The van der Waals surface area contributed by atoms with Crippen molar-refractivity contribution in [1.29, 1.82) is 0 Å². The van der Waals surface area contributed by atoms with Gasteiger partial charge in [0.2, 0.25) is 0 Å². The number of aromatic nitrogens is 2. The molecule has 2 aromatic rings. The zero-order valence-electron chi connectivity index (χ0n) is 13.3. The molecule has 0 aliphatic carbocycles. The molecule has 1 saturated heterocycles. The maximum Gasteiger partial charge on any atom is 0.322 e. The van der Waals surface area contributed by atoms with Gasteiger partial charge in [0.1, 0.15) is 5.75 Å². The molecule has 2 aliphatic heterocycles. The van der Waals surface area contributed by atoms with Gasteiger partial charge in [0, 0.05) is 18.3 Å². The van der Waals surface area contributed by atoms with Gasteiger partial charge in [-0.1, -0.05) is 6.07 Å². The summed E-state index contributed by atoms with van der Waals surface area (Å²) in [6.07, 6.45) is 1.49. The Morgan fingerprint density at radius 3 is 2.76 bits per heavy atom. The monoisotopic (exact) mass is 341 g/mol. The van der Waals surface area contributed by atoms with E-state index >= 15 is 0 Å². The summed E-state index contributed by atoms with van der Waals surface area (Å²) in [6.45, 7) is 0.333. The number of amides is 4. The molecule has 3 heterocycles. The number of aromatic amines is 1. The summed E-state index contributed by atoms with van der Waals surface area (Å²) in [4.78, 5) is 38.5. The maximum atomic E-state index is 12.8. The van der Waals surface area contributed by atoms with Gasteiger partial charge in [-0.3, -0.25) is 20.0 Å². The van der Waals surface area contributed by atoms with E-state index in [2.05, 4.69) is 20.8 Å². The van der Waals surface area contributed by atoms with E-state index in [1.165, 1.54) is 18.2 Å². The zero-order chi connectivity index (χ0) is 17.6. The summed E-state index contributed by atoms with van der Waals surface area (Å²) in [7, 11) is 1.53. The Bertz CT molecular complexity index is 879. The Kier molecular flexibility index (Phi) is 3.24. The SMILES string of the molecule is COc1ccc2c(c1)C(=O)N(C[C@@]1(c3ccn[nH]3)NC(=O)NC1=O)C2. The van der Waals surface area contributed by atoms with E-state index in [-0.39, 0.29) is 12.5 Å². The number of hydrogen-bond donors (Lipinski definition) is 3. The van der Waals surface area contributed by atoms with Gasteiger partial charge in [-0.15, -0.1) is 0 Å². The lowest BCUT2D eigenvalue weighted by Crippen LogP contribution is -2.53. The summed E-state index contributed by atoms with van der Waals surface area (Å²) in [6, 6.07) is 6.27. The maximum absolute atomic E-state index is 12.8. The van der Waals surface area contributed by atoms with E-state index in [0.29, 0.717) is 23.6 Å². The van der Waals surface area contributed by atoms with Crippen molar-refractivity contribution in [1.82, 2.24) is 25.7 Å². The Morgan fingerprint density at radius 1 is 1.28 bits per heavy atom.